The maximum Gasteiger partial charge on any atom is 0.0471 e. The first-order chi connectivity index (χ1) is 8.55. The minimum Gasteiger partial charge on any atom is -0.381 e. The van der Waals surface area contributed by atoms with Crippen LogP contribution in [0, 0.1) is 5.41 Å². The molecule has 0 bridgehead atoms. The van der Waals surface area contributed by atoms with Crippen LogP contribution in [0.4, 0.5) is 0 Å². The van der Waals surface area contributed by atoms with Gasteiger partial charge in [0.25, 0.3) is 0 Å². The summed E-state index contributed by atoms with van der Waals surface area (Å²) < 4.78 is 5.51. The topological polar surface area (TPSA) is 24.5 Å². The van der Waals surface area contributed by atoms with Gasteiger partial charge in [0.1, 0.15) is 0 Å². The van der Waals surface area contributed by atoms with Gasteiger partial charge >= 0.3 is 0 Å². The molecule has 2 aliphatic rings. The van der Waals surface area contributed by atoms with Gasteiger partial charge in [-0.3, -0.25) is 0 Å². The number of nitrogens with zero attached hydrogens (tertiary/aromatic N) is 1. The molecule has 0 saturated carbocycles. The second kappa shape index (κ2) is 5.89. The highest BCUT2D eigenvalue weighted by Crippen LogP contribution is 2.31. The number of hydrogen-bond acceptors (Lipinski definition) is 3. The first-order valence-electron chi connectivity index (χ1n) is 7.60. The molecule has 0 radical (unpaired) electrons. The summed E-state index contributed by atoms with van der Waals surface area (Å²) in [5.74, 6) is 0. The van der Waals surface area contributed by atoms with Crippen molar-refractivity contribution in [3.8, 4) is 0 Å². The van der Waals surface area contributed by atoms with E-state index in [1.807, 2.05) is 0 Å². The van der Waals surface area contributed by atoms with Gasteiger partial charge in [-0.1, -0.05) is 13.8 Å². The van der Waals surface area contributed by atoms with Crippen molar-refractivity contribution in [2.45, 2.75) is 52.0 Å². The van der Waals surface area contributed by atoms with Gasteiger partial charge in [0.15, 0.2) is 0 Å². The highest BCUT2D eigenvalue weighted by Gasteiger charge is 2.33. The van der Waals surface area contributed by atoms with E-state index in [0.29, 0.717) is 11.0 Å². The van der Waals surface area contributed by atoms with E-state index in [-0.39, 0.29) is 0 Å². The molecular formula is C15H30N2O. The molecule has 0 aromatic heterocycles. The summed E-state index contributed by atoms with van der Waals surface area (Å²) in [6.45, 7) is 13.9. The molecule has 0 aromatic rings. The highest BCUT2D eigenvalue weighted by molar-refractivity contribution is 4.90. The summed E-state index contributed by atoms with van der Waals surface area (Å²) in [7, 11) is 0. The molecular weight excluding hydrogens is 224 g/mol. The molecule has 2 heterocycles. The van der Waals surface area contributed by atoms with E-state index in [0.717, 1.165) is 13.2 Å². The monoisotopic (exact) mass is 254 g/mol. The van der Waals surface area contributed by atoms with Crippen molar-refractivity contribution in [2.24, 2.45) is 5.41 Å². The van der Waals surface area contributed by atoms with E-state index in [1.54, 1.807) is 0 Å². The number of hydrogen-bond donors (Lipinski definition) is 1. The van der Waals surface area contributed by atoms with Crippen molar-refractivity contribution < 1.29 is 4.74 Å². The summed E-state index contributed by atoms with van der Waals surface area (Å²) in [5, 5.41) is 3.72. The standard InChI is InChI=1S/C15H30N2O/c1-4-15(3)13-17(9-5-8-16-15)12-14(2)6-10-18-11-7-14/h16H,4-13H2,1-3H3. The Kier molecular flexibility index (Phi) is 4.68. The Bertz CT molecular complexity index is 263. The fourth-order valence-electron chi connectivity index (χ4n) is 3.26. The lowest BCUT2D eigenvalue weighted by Crippen LogP contribution is -2.50. The maximum atomic E-state index is 5.51. The molecule has 18 heavy (non-hydrogen) atoms. The van der Waals surface area contributed by atoms with Crippen LogP contribution < -0.4 is 5.32 Å². The predicted octanol–water partition coefficient (Wildman–Crippen LogP) is 2.27. The molecule has 106 valence electrons. The molecule has 3 nitrogen and oxygen atoms in total. The van der Waals surface area contributed by atoms with E-state index in [2.05, 4.69) is 31.0 Å². The van der Waals surface area contributed by atoms with Gasteiger partial charge in [0, 0.05) is 31.8 Å². The predicted molar refractivity (Wildman–Crippen MR) is 75.9 cm³/mol. The van der Waals surface area contributed by atoms with Crippen molar-refractivity contribution >= 4 is 0 Å². The minimum absolute atomic E-state index is 0.304. The third kappa shape index (κ3) is 3.69. The Morgan fingerprint density at radius 3 is 2.61 bits per heavy atom. The normalized spacial score (nSPS) is 34.2. The van der Waals surface area contributed by atoms with Crippen molar-refractivity contribution in [1.82, 2.24) is 10.2 Å². The summed E-state index contributed by atoms with van der Waals surface area (Å²) in [4.78, 5) is 2.69. The van der Waals surface area contributed by atoms with Crippen LogP contribution >= 0.6 is 0 Å². The van der Waals surface area contributed by atoms with Crippen LogP contribution in [0.3, 0.4) is 0 Å². The Balaban J connectivity index is 1.94. The zero-order valence-electron chi connectivity index (χ0n) is 12.4. The Labute approximate surface area is 112 Å². The van der Waals surface area contributed by atoms with Crippen molar-refractivity contribution in [3.63, 3.8) is 0 Å². The van der Waals surface area contributed by atoms with Crippen LogP contribution in [0.2, 0.25) is 0 Å². The van der Waals surface area contributed by atoms with Crippen LogP contribution in [0.5, 0.6) is 0 Å². The van der Waals surface area contributed by atoms with E-state index in [9.17, 15) is 0 Å². The van der Waals surface area contributed by atoms with Crippen molar-refractivity contribution in [1.29, 1.82) is 0 Å². The smallest absolute Gasteiger partial charge is 0.0471 e. The molecule has 0 amide bonds. The fraction of sp³-hybridized carbons (Fsp3) is 1.00. The number of nitrogens with one attached hydrogen (secondary N) is 1. The lowest BCUT2D eigenvalue weighted by atomic mass is 9.81. The van der Waals surface area contributed by atoms with E-state index in [1.165, 1.54) is 51.9 Å². The first kappa shape index (κ1) is 14.3. The summed E-state index contributed by atoms with van der Waals surface area (Å²) in [6, 6.07) is 0. The maximum absolute atomic E-state index is 5.51. The zero-order chi connectivity index (χ0) is 13.1. The molecule has 2 fully saturated rings. The lowest BCUT2D eigenvalue weighted by Gasteiger charge is -2.40. The van der Waals surface area contributed by atoms with Gasteiger partial charge in [-0.05, 0) is 51.1 Å². The molecule has 1 unspecified atom stereocenters. The largest absolute Gasteiger partial charge is 0.381 e. The Morgan fingerprint density at radius 1 is 1.22 bits per heavy atom. The number of rotatable bonds is 3. The third-order valence-electron chi connectivity index (χ3n) is 4.86. The Morgan fingerprint density at radius 2 is 1.94 bits per heavy atom. The van der Waals surface area contributed by atoms with E-state index < -0.39 is 0 Å². The second-order valence-corrected chi connectivity index (χ2v) is 6.83. The quantitative estimate of drug-likeness (QED) is 0.836. The van der Waals surface area contributed by atoms with E-state index in [4.69, 9.17) is 4.74 Å². The van der Waals surface area contributed by atoms with Crippen molar-refractivity contribution in [3.05, 3.63) is 0 Å². The van der Waals surface area contributed by atoms with Crippen LogP contribution in [-0.2, 0) is 4.74 Å². The summed E-state index contributed by atoms with van der Waals surface area (Å²) >= 11 is 0. The molecule has 0 aliphatic carbocycles. The Hall–Kier alpha value is -0.120. The van der Waals surface area contributed by atoms with Crippen LogP contribution in [0.25, 0.3) is 0 Å². The summed E-state index contributed by atoms with van der Waals surface area (Å²) in [5.41, 5.74) is 0.773. The molecule has 2 saturated heterocycles. The molecule has 0 aromatic carbocycles. The molecule has 1 N–H and O–H groups in total. The highest BCUT2D eigenvalue weighted by atomic mass is 16.5. The molecule has 3 heteroatoms. The van der Waals surface area contributed by atoms with Crippen LogP contribution in [0.1, 0.15) is 46.5 Å². The van der Waals surface area contributed by atoms with Crippen molar-refractivity contribution in [2.75, 3.05) is 39.4 Å². The fourth-order valence-corrected chi connectivity index (χ4v) is 3.26. The van der Waals surface area contributed by atoms with Gasteiger partial charge in [0.05, 0.1) is 0 Å². The zero-order valence-corrected chi connectivity index (χ0v) is 12.4. The van der Waals surface area contributed by atoms with Gasteiger partial charge in [-0.25, -0.2) is 0 Å². The first-order valence-corrected chi connectivity index (χ1v) is 7.60. The molecule has 2 rings (SSSR count). The minimum atomic E-state index is 0.304. The van der Waals surface area contributed by atoms with Gasteiger partial charge in [-0.2, -0.15) is 0 Å². The second-order valence-electron chi connectivity index (χ2n) is 6.83. The van der Waals surface area contributed by atoms with Crippen LogP contribution in [-0.4, -0.2) is 49.8 Å². The number of ether oxygens (including phenoxy) is 1. The lowest BCUT2D eigenvalue weighted by molar-refractivity contribution is 0.00275. The van der Waals surface area contributed by atoms with E-state index >= 15 is 0 Å². The van der Waals surface area contributed by atoms with Crippen LogP contribution in [0.15, 0.2) is 0 Å². The SMILES string of the molecule is CCC1(C)CN(CC2(C)CCOCC2)CCCN1. The molecule has 0 spiro atoms. The van der Waals surface area contributed by atoms with Gasteiger partial charge in [-0.15, -0.1) is 0 Å². The average molecular weight is 254 g/mol. The third-order valence-corrected chi connectivity index (χ3v) is 4.86. The van der Waals surface area contributed by atoms with Gasteiger partial charge < -0.3 is 15.0 Å². The average Bonchev–Trinajstić information content (AvgIpc) is 2.52. The molecule has 2 aliphatic heterocycles. The summed E-state index contributed by atoms with van der Waals surface area (Å²) in [6.07, 6.45) is 4.94. The van der Waals surface area contributed by atoms with Gasteiger partial charge in [0.2, 0.25) is 0 Å². The molecule has 1 atom stereocenters.